The molecule has 100 valence electrons. The summed E-state index contributed by atoms with van der Waals surface area (Å²) < 4.78 is 0. The van der Waals surface area contributed by atoms with Gasteiger partial charge in [0.2, 0.25) is 0 Å². The van der Waals surface area contributed by atoms with E-state index in [0.29, 0.717) is 17.9 Å². The lowest BCUT2D eigenvalue weighted by Gasteiger charge is -2.14. The molecule has 1 aromatic carbocycles. The molecular weight excluding hydrogens is 252 g/mol. The Labute approximate surface area is 118 Å². The van der Waals surface area contributed by atoms with Crippen molar-refractivity contribution in [3.8, 4) is 0 Å². The average molecular weight is 272 g/mol. The number of benzene rings is 1. The van der Waals surface area contributed by atoms with Crippen LogP contribution in [0.25, 0.3) is 0 Å². The van der Waals surface area contributed by atoms with Gasteiger partial charge in [-0.25, -0.2) is 0 Å². The fourth-order valence-corrected chi connectivity index (χ4v) is 3.92. The van der Waals surface area contributed by atoms with Crippen LogP contribution < -0.4 is 11.3 Å². The maximum absolute atomic E-state index is 5.79. The molecule has 0 aliphatic heterocycles. The predicted octanol–water partition coefficient (Wildman–Crippen LogP) is 3.62. The molecule has 1 heterocycles. The summed E-state index contributed by atoms with van der Waals surface area (Å²) in [5.41, 5.74) is 4.47. The number of hydrazine groups is 1. The summed E-state index contributed by atoms with van der Waals surface area (Å²) in [4.78, 5) is 2.81. The zero-order valence-electron chi connectivity index (χ0n) is 11.2. The third-order valence-electron chi connectivity index (χ3n) is 4.01. The van der Waals surface area contributed by atoms with E-state index in [1.54, 1.807) is 0 Å². The summed E-state index contributed by atoms with van der Waals surface area (Å²) in [6.07, 6.45) is 2.34. The quantitative estimate of drug-likeness (QED) is 0.644. The van der Waals surface area contributed by atoms with Crippen molar-refractivity contribution in [1.29, 1.82) is 0 Å². The molecule has 1 aliphatic rings. The molecule has 3 N–H and O–H groups in total. The summed E-state index contributed by atoms with van der Waals surface area (Å²) in [6, 6.07) is 15.5. The Kier molecular flexibility index (Phi) is 3.69. The molecule has 3 rings (SSSR count). The van der Waals surface area contributed by atoms with E-state index in [0.717, 1.165) is 6.42 Å². The second kappa shape index (κ2) is 5.45. The number of nitrogens with one attached hydrogen (secondary N) is 1. The summed E-state index contributed by atoms with van der Waals surface area (Å²) in [7, 11) is 0. The van der Waals surface area contributed by atoms with Crippen molar-refractivity contribution < 1.29 is 0 Å². The Morgan fingerprint density at radius 1 is 1.26 bits per heavy atom. The van der Waals surface area contributed by atoms with Gasteiger partial charge in [0.25, 0.3) is 0 Å². The molecule has 19 heavy (non-hydrogen) atoms. The molecule has 1 aromatic heterocycles. The Bertz CT molecular complexity index is 535. The molecule has 0 spiro atoms. The summed E-state index contributed by atoms with van der Waals surface area (Å²) in [6.45, 7) is 2.20. The molecule has 1 saturated carbocycles. The molecular formula is C16H20N2S. The number of aryl methyl sites for hydroxylation is 1. The summed E-state index contributed by atoms with van der Waals surface area (Å²) in [5, 5.41) is 0. The largest absolute Gasteiger partial charge is 0.271 e. The summed E-state index contributed by atoms with van der Waals surface area (Å²) in [5.74, 6) is 7.09. The first-order valence-corrected chi connectivity index (χ1v) is 7.74. The van der Waals surface area contributed by atoms with Gasteiger partial charge < -0.3 is 0 Å². The number of nitrogens with two attached hydrogens (primary N) is 1. The molecule has 0 bridgehead atoms. The molecule has 3 atom stereocenters. The highest BCUT2D eigenvalue weighted by atomic mass is 32.1. The fraction of sp³-hybridized carbons (Fsp3) is 0.375. The first-order chi connectivity index (χ1) is 9.33. The standard InChI is InChI=1S/C16H20N2S/c1-2-12-8-9-15(19-12)16(18-17)14-10-13(14)11-6-4-3-5-7-11/h3-9,13-14,16,18H,2,10,17H2,1H3. The minimum Gasteiger partial charge on any atom is -0.271 e. The lowest BCUT2D eigenvalue weighted by Crippen LogP contribution is -2.29. The zero-order chi connectivity index (χ0) is 13.2. The smallest absolute Gasteiger partial charge is 0.0587 e. The number of hydrogen-bond donors (Lipinski definition) is 2. The van der Waals surface area contributed by atoms with Gasteiger partial charge in [-0.1, -0.05) is 37.3 Å². The van der Waals surface area contributed by atoms with Gasteiger partial charge in [-0.05, 0) is 42.4 Å². The second-order valence-electron chi connectivity index (χ2n) is 5.22. The van der Waals surface area contributed by atoms with Crippen molar-refractivity contribution >= 4 is 11.3 Å². The molecule has 0 amide bonds. The maximum atomic E-state index is 5.79. The van der Waals surface area contributed by atoms with Gasteiger partial charge in [-0.15, -0.1) is 11.3 Å². The van der Waals surface area contributed by atoms with Gasteiger partial charge in [-0.3, -0.25) is 11.3 Å². The highest BCUT2D eigenvalue weighted by molar-refractivity contribution is 7.12. The molecule has 2 aromatic rings. The lowest BCUT2D eigenvalue weighted by atomic mass is 10.0. The van der Waals surface area contributed by atoms with Crippen molar-refractivity contribution in [1.82, 2.24) is 5.43 Å². The van der Waals surface area contributed by atoms with Gasteiger partial charge in [0.15, 0.2) is 0 Å². The Hall–Kier alpha value is -1.16. The minimum atomic E-state index is 0.301. The van der Waals surface area contributed by atoms with Crippen LogP contribution >= 0.6 is 11.3 Å². The predicted molar refractivity (Wildman–Crippen MR) is 81.1 cm³/mol. The van der Waals surface area contributed by atoms with Crippen LogP contribution in [0.3, 0.4) is 0 Å². The number of thiophene rings is 1. The van der Waals surface area contributed by atoms with Crippen LogP contribution in [0.4, 0.5) is 0 Å². The highest BCUT2D eigenvalue weighted by Crippen LogP contribution is 2.54. The van der Waals surface area contributed by atoms with Gasteiger partial charge >= 0.3 is 0 Å². The van der Waals surface area contributed by atoms with Crippen molar-refractivity contribution in [2.75, 3.05) is 0 Å². The van der Waals surface area contributed by atoms with Crippen LogP contribution in [0.5, 0.6) is 0 Å². The number of hydrogen-bond acceptors (Lipinski definition) is 3. The molecule has 1 aliphatic carbocycles. The SMILES string of the molecule is CCc1ccc(C(NN)C2CC2c2ccccc2)s1. The normalized spacial score (nSPS) is 23.3. The van der Waals surface area contributed by atoms with Gasteiger partial charge in [0, 0.05) is 9.75 Å². The monoisotopic (exact) mass is 272 g/mol. The van der Waals surface area contributed by atoms with Gasteiger partial charge in [-0.2, -0.15) is 0 Å². The van der Waals surface area contributed by atoms with E-state index in [1.807, 2.05) is 11.3 Å². The molecule has 2 nitrogen and oxygen atoms in total. The third kappa shape index (κ3) is 2.59. The zero-order valence-corrected chi connectivity index (χ0v) is 12.0. The van der Waals surface area contributed by atoms with Crippen LogP contribution in [-0.2, 0) is 6.42 Å². The molecule has 0 saturated heterocycles. The molecule has 3 heteroatoms. The van der Waals surface area contributed by atoms with Crippen LogP contribution in [-0.4, -0.2) is 0 Å². The van der Waals surface area contributed by atoms with E-state index in [4.69, 9.17) is 5.84 Å². The topological polar surface area (TPSA) is 38.0 Å². The first-order valence-electron chi connectivity index (χ1n) is 6.93. The van der Waals surface area contributed by atoms with E-state index in [1.165, 1.54) is 21.7 Å². The summed E-state index contributed by atoms with van der Waals surface area (Å²) >= 11 is 1.89. The third-order valence-corrected chi connectivity index (χ3v) is 5.33. The van der Waals surface area contributed by atoms with Crippen molar-refractivity contribution in [2.45, 2.75) is 31.7 Å². The van der Waals surface area contributed by atoms with Crippen molar-refractivity contribution in [3.05, 3.63) is 57.8 Å². The molecule has 3 unspecified atom stereocenters. The van der Waals surface area contributed by atoms with E-state index in [2.05, 4.69) is 54.8 Å². The van der Waals surface area contributed by atoms with E-state index >= 15 is 0 Å². The second-order valence-corrected chi connectivity index (χ2v) is 6.42. The van der Waals surface area contributed by atoms with E-state index in [9.17, 15) is 0 Å². The van der Waals surface area contributed by atoms with Crippen LogP contribution in [0.1, 0.15) is 40.6 Å². The lowest BCUT2D eigenvalue weighted by molar-refractivity contribution is 0.495. The minimum absolute atomic E-state index is 0.301. The molecule has 1 fully saturated rings. The van der Waals surface area contributed by atoms with E-state index in [-0.39, 0.29) is 0 Å². The Balaban J connectivity index is 1.75. The highest BCUT2D eigenvalue weighted by Gasteiger charge is 2.44. The Morgan fingerprint density at radius 2 is 2.05 bits per heavy atom. The first kappa shape index (κ1) is 12.9. The van der Waals surface area contributed by atoms with Gasteiger partial charge in [0.05, 0.1) is 6.04 Å². The van der Waals surface area contributed by atoms with Crippen molar-refractivity contribution in [3.63, 3.8) is 0 Å². The van der Waals surface area contributed by atoms with Crippen LogP contribution in [0.2, 0.25) is 0 Å². The van der Waals surface area contributed by atoms with Crippen molar-refractivity contribution in [2.24, 2.45) is 11.8 Å². The fourth-order valence-electron chi connectivity index (χ4n) is 2.83. The maximum Gasteiger partial charge on any atom is 0.0587 e. The average Bonchev–Trinajstić information content (AvgIpc) is 3.10. The Morgan fingerprint density at radius 3 is 2.68 bits per heavy atom. The molecule has 0 radical (unpaired) electrons. The van der Waals surface area contributed by atoms with Gasteiger partial charge in [0.1, 0.15) is 0 Å². The van der Waals surface area contributed by atoms with E-state index < -0.39 is 0 Å². The van der Waals surface area contributed by atoms with Crippen LogP contribution in [0.15, 0.2) is 42.5 Å². The number of rotatable bonds is 5. The van der Waals surface area contributed by atoms with Crippen LogP contribution in [0, 0.1) is 5.92 Å².